The van der Waals surface area contributed by atoms with Gasteiger partial charge in [-0.1, -0.05) is 22.9 Å². The zero-order chi connectivity index (χ0) is 15.3. The van der Waals surface area contributed by atoms with Crippen LogP contribution in [0, 0.1) is 0 Å². The van der Waals surface area contributed by atoms with Crippen molar-refractivity contribution in [2.75, 3.05) is 32.9 Å². The van der Waals surface area contributed by atoms with Gasteiger partial charge in [-0.15, -0.1) is 0 Å². The maximum absolute atomic E-state index is 12.5. The normalized spacial score (nSPS) is 10.2. The molecule has 110 valence electrons. The number of carbonyl (C=O) groups is 2. The number of nitrogens with zero attached hydrogens (tertiary/aromatic N) is 2. The van der Waals surface area contributed by atoms with Crippen LogP contribution in [0.2, 0.25) is 0 Å². The first-order valence-electron chi connectivity index (χ1n) is 6.41. The highest BCUT2D eigenvalue weighted by Gasteiger charge is 2.21. The molecule has 1 aromatic rings. The largest absolute Gasteiger partial charge is 0.398 e. The molecule has 0 saturated carbocycles. The molecule has 6 heteroatoms. The summed E-state index contributed by atoms with van der Waals surface area (Å²) in [6, 6.07) is 5.14. The molecule has 0 unspecified atom stereocenters. The number of anilines is 1. The van der Waals surface area contributed by atoms with Gasteiger partial charge in [0.05, 0.1) is 5.56 Å². The van der Waals surface area contributed by atoms with Crippen molar-refractivity contribution in [2.24, 2.45) is 0 Å². The molecule has 0 aromatic heterocycles. The van der Waals surface area contributed by atoms with Gasteiger partial charge in [0.25, 0.3) is 5.91 Å². The van der Waals surface area contributed by atoms with Gasteiger partial charge in [-0.25, -0.2) is 0 Å². The average Bonchev–Trinajstić information content (AvgIpc) is 2.40. The SMILES string of the molecule is CCCN(CC(=O)N(C)C)C(=O)c1cc(Br)ccc1N. The maximum atomic E-state index is 12.5. The molecular weight excluding hydrogens is 322 g/mol. The van der Waals surface area contributed by atoms with Crippen LogP contribution in [0.1, 0.15) is 23.7 Å². The molecule has 0 spiro atoms. The lowest BCUT2D eigenvalue weighted by Gasteiger charge is -2.24. The predicted octanol–water partition coefficient (Wildman–Crippen LogP) is 1.97. The zero-order valence-corrected chi connectivity index (χ0v) is 13.6. The smallest absolute Gasteiger partial charge is 0.256 e. The highest BCUT2D eigenvalue weighted by Crippen LogP contribution is 2.20. The van der Waals surface area contributed by atoms with Crippen LogP contribution in [-0.4, -0.2) is 48.8 Å². The molecule has 2 N–H and O–H groups in total. The Balaban J connectivity index is 2.99. The molecule has 1 aromatic carbocycles. The molecular formula is C14H20BrN3O2. The van der Waals surface area contributed by atoms with Crippen LogP contribution in [0.3, 0.4) is 0 Å². The summed E-state index contributed by atoms with van der Waals surface area (Å²) in [6.07, 6.45) is 0.778. The summed E-state index contributed by atoms with van der Waals surface area (Å²) in [4.78, 5) is 27.3. The van der Waals surface area contributed by atoms with Gasteiger partial charge in [0.2, 0.25) is 5.91 Å². The lowest BCUT2D eigenvalue weighted by Crippen LogP contribution is -2.40. The van der Waals surface area contributed by atoms with Crippen molar-refractivity contribution < 1.29 is 9.59 Å². The van der Waals surface area contributed by atoms with Crippen LogP contribution in [0.5, 0.6) is 0 Å². The Morgan fingerprint density at radius 2 is 1.95 bits per heavy atom. The quantitative estimate of drug-likeness (QED) is 0.832. The predicted molar refractivity (Wildman–Crippen MR) is 83.4 cm³/mol. The molecule has 0 aliphatic rings. The fourth-order valence-electron chi connectivity index (χ4n) is 1.71. The van der Waals surface area contributed by atoms with Crippen molar-refractivity contribution in [2.45, 2.75) is 13.3 Å². The molecule has 0 radical (unpaired) electrons. The average molecular weight is 342 g/mol. The molecule has 0 bridgehead atoms. The van der Waals surface area contributed by atoms with Crippen LogP contribution in [-0.2, 0) is 4.79 Å². The Morgan fingerprint density at radius 1 is 1.30 bits per heavy atom. The van der Waals surface area contributed by atoms with Crippen molar-refractivity contribution in [3.63, 3.8) is 0 Å². The summed E-state index contributed by atoms with van der Waals surface area (Å²) in [6.45, 7) is 2.54. The second-order valence-corrected chi connectivity index (χ2v) is 5.66. The highest BCUT2D eigenvalue weighted by molar-refractivity contribution is 9.10. The van der Waals surface area contributed by atoms with Crippen molar-refractivity contribution in [1.82, 2.24) is 9.80 Å². The van der Waals surface area contributed by atoms with E-state index in [-0.39, 0.29) is 18.4 Å². The Morgan fingerprint density at radius 3 is 2.50 bits per heavy atom. The van der Waals surface area contributed by atoms with Crippen molar-refractivity contribution in [1.29, 1.82) is 0 Å². The summed E-state index contributed by atoms with van der Waals surface area (Å²) >= 11 is 3.33. The summed E-state index contributed by atoms with van der Waals surface area (Å²) in [7, 11) is 3.34. The molecule has 2 amide bonds. The fraction of sp³-hybridized carbons (Fsp3) is 0.429. The number of nitrogens with two attached hydrogens (primary N) is 1. The monoisotopic (exact) mass is 341 g/mol. The van der Waals surface area contributed by atoms with E-state index < -0.39 is 0 Å². The first-order valence-corrected chi connectivity index (χ1v) is 7.20. The van der Waals surface area contributed by atoms with Crippen molar-refractivity contribution >= 4 is 33.4 Å². The first-order chi connectivity index (χ1) is 9.36. The van der Waals surface area contributed by atoms with Gasteiger partial charge in [0.1, 0.15) is 6.54 Å². The highest BCUT2D eigenvalue weighted by atomic mass is 79.9. The van der Waals surface area contributed by atoms with E-state index in [0.717, 1.165) is 10.9 Å². The van der Waals surface area contributed by atoms with Crippen LogP contribution in [0.4, 0.5) is 5.69 Å². The van der Waals surface area contributed by atoms with Gasteiger partial charge in [0.15, 0.2) is 0 Å². The molecule has 0 fully saturated rings. The van der Waals surface area contributed by atoms with Crippen LogP contribution in [0.15, 0.2) is 22.7 Å². The van der Waals surface area contributed by atoms with E-state index in [1.165, 1.54) is 9.80 Å². The van der Waals surface area contributed by atoms with E-state index in [1.807, 2.05) is 6.92 Å². The third-order valence-electron chi connectivity index (χ3n) is 2.85. The summed E-state index contributed by atoms with van der Waals surface area (Å²) in [5.74, 6) is -0.332. The second kappa shape index (κ2) is 7.28. The lowest BCUT2D eigenvalue weighted by atomic mass is 10.1. The van der Waals surface area contributed by atoms with Gasteiger partial charge in [-0.05, 0) is 24.6 Å². The Labute approximate surface area is 127 Å². The molecule has 5 nitrogen and oxygen atoms in total. The molecule has 1 rings (SSSR count). The van der Waals surface area contributed by atoms with E-state index >= 15 is 0 Å². The van der Waals surface area contributed by atoms with E-state index in [1.54, 1.807) is 32.3 Å². The third-order valence-corrected chi connectivity index (χ3v) is 3.34. The minimum absolute atomic E-state index is 0.0611. The van der Waals surface area contributed by atoms with E-state index in [2.05, 4.69) is 15.9 Å². The van der Waals surface area contributed by atoms with E-state index in [9.17, 15) is 9.59 Å². The zero-order valence-electron chi connectivity index (χ0n) is 12.0. The van der Waals surface area contributed by atoms with Gasteiger partial charge in [0, 0.05) is 30.8 Å². The molecule has 0 aliphatic heterocycles. The molecule has 0 atom stereocenters. The fourth-order valence-corrected chi connectivity index (χ4v) is 2.07. The molecule has 0 aliphatic carbocycles. The van der Waals surface area contributed by atoms with Crippen LogP contribution in [0.25, 0.3) is 0 Å². The third kappa shape index (κ3) is 4.23. The number of hydrogen-bond acceptors (Lipinski definition) is 3. The number of benzene rings is 1. The maximum Gasteiger partial charge on any atom is 0.256 e. The Bertz CT molecular complexity index is 503. The topological polar surface area (TPSA) is 66.6 Å². The van der Waals surface area contributed by atoms with E-state index in [4.69, 9.17) is 5.73 Å². The molecule has 0 heterocycles. The standard InChI is InChI=1S/C14H20BrN3O2/c1-4-7-18(9-13(19)17(2)3)14(20)11-8-10(15)5-6-12(11)16/h5-6,8H,4,7,9,16H2,1-3H3. The van der Waals surface area contributed by atoms with Crippen LogP contribution < -0.4 is 5.73 Å². The lowest BCUT2D eigenvalue weighted by molar-refractivity contribution is -0.129. The minimum atomic E-state index is -0.221. The Hall–Kier alpha value is -1.56. The van der Waals surface area contributed by atoms with Crippen molar-refractivity contribution in [3.8, 4) is 0 Å². The number of amides is 2. The number of halogens is 1. The Kier molecular flexibility index (Phi) is 6.01. The number of rotatable bonds is 5. The second-order valence-electron chi connectivity index (χ2n) is 4.75. The van der Waals surface area contributed by atoms with Gasteiger partial charge < -0.3 is 15.5 Å². The molecule has 20 heavy (non-hydrogen) atoms. The van der Waals surface area contributed by atoms with E-state index in [0.29, 0.717) is 17.8 Å². The molecule has 0 saturated heterocycles. The van der Waals surface area contributed by atoms with Gasteiger partial charge >= 0.3 is 0 Å². The van der Waals surface area contributed by atoms with Gasteiger partial charge in [-0.3, -0.25) is 9.59 Å². The first kappa shape index (κ1) is 16.5. The van der Waals surface area contributed by atoms with Gasteiger partial charge in [-0.2, -0.15) is 0 Å². The van der Waals surface area contributed by atoms with Crippen LogP contribution >= 0.6 is 15.9 Å². The number of nitrogen functional groups attached to an aromatic ring is 1. The van der Waals surface area contributed by atoms with Crippen molar-refractivity contribution in [3.05, 3.63) is 28.2 Å². The number of carbonyl (C=O) groups excluding carboxylic acids is 2. The summed E-state index contributed by atoms with van der Waals surface area (Å²) in [5.41, 5.74) is 6.68. The summed E-state index contributed by atoms with van der Waals surface area (Å²) in [5, 5.41) is 0. The number of hydrogen-bond donors (Lipinski definition) is 1. The summed E-state index contributed by atoms with van der Waals surface area (Å²) < 4.78 is 0.783. The number of likely N-dealkylation sites (N-methyl/N-ethyl adjacent to an activating group) is 1. The minimum Gasteiger partial charge on any atom is -0.398 e.